The van der Waals surface area contributed by atoms with E-state index in [1.165, 1.54) is 18.4 Å². The van der Waals surface area contributed by atoms with Crippen LogP contribution in [0.25, 0.3) is 33.8 Å². The predicted octanol–water partition coefficient (Wildman–Crippen LogP) is 6.57. The second-order valence-corrected chi connectivity index (χ2v) is 18.0. The van der Waals surface area contributed by atoms with Gasteiger partial charge >= 0.3 is 0 Å². The molecule has 0 spiro atoms. The molecule has 5 aliphatic rings. The lowest BCUT2D eigenvalue weighted by atomic mass is 9.81. The highest BCUT2D eigenvalue weighted by Gasteiger charge is 2.36. The number of nitrogens with zero attached hydrogens (tertiary/aromatic N) is 5. The number of nitrogens with one attached hydrogen (secondary N) is 1. The van der Waals surface area contributed by atoms with Gasteiger partial charge in [0.2, 0.25) is 10.0 Å². The Kier molecular flexibility index (Phi) is 9.16. The summed E-state index contributed by atoms with van der Waals surface area (Å²) in [4.78, 5) is 32.6. The highest BCUT2D eigenvalue weighted by Crippen LogP contribution is 2.48. The van der Waals surface area contributed by atoms with E-state index in [1.807, 2.05) is 34.8 Å². The van der Waals surface area contributed by atoms with Crippen LogP contribution >= 0.6 is 0 Å². The monoisotopic (exact) mass is 750 g/mol. The van der Waals surface area contributed by atoms with Gasteiger partial charge in [-0.25, -0.2) is 13.1 Å². The largest absolute Gasteiger partial charge is 0.497 e. The highest BCUT2D eigenvalue weighted by atomic mass is 32.2. The number of ether oxygens (including phenoxy) is 1. The van der Waals surface area contributed by atoms with Gasteiger partial charge in [-0.15, -0.1) is 0 Å². The maximum absolute atomic E-state index is 14.4. The molecule has 0 radical (unpaired) electrons. The third-order valence-corrected chi connectivity index (χ3v) is 14.7. The van der Waals surface area contributed by atoms with E-state index in [0.29, 0.717) is 49.0 Å². The zero-order chi connectivity index (χ0) is 37.1. The number of benzene rings is 2. The number of aryl methyl sites for hydroxylation is 1. The van der Waals surface area contributed by atoms with Crippen molar-refractivity contribution in [3.05, 3.63) is 70.5 Å². The number of hydrogen-bond acceptors (Lipinski definition) is 7. The van der Waals surface area contributed by atoms with Crippen LogP contribution in [-0.4, -0.2) is 89.0 Å². The number of methoxy groups -OCH3 is 1. The molecule has 2 aromatic heterocycles. The number of fused-ring (bicyclic) bond motifs is 6. The molecule has 2 amide bonds. The first-order valence-corrected chi connectivity index (χ1v) is 21.4. The number of aromatic nitrogens is 3. The van der Waals surface area contributed by atoms with Gasteiger partial charge in [0.15, 0.2) is 0 Å². The summed E-state index contributed by atoms with van der Waals surface area (Å²) in [5.41, 5.74) is 7.89. The average molecular weight is 751 g/mol. The summed E-state index contributed by atoms with van der Waals surface area (Å²) in [5.74, 6) is 0.476. The zero-order valence-electron chi connectivity index (χ0n) is 31.4. The minimum Gasteiger partial charge on any atom is -0.497 e. The van der Waals surface area contributed by atoms with E-state index in [1.54, 1.807) is 19.4 Å². The molecule has 54 heavy (non-hydrogen) atoms. The summed E-state index contributed by atoms with van der Waals surface area (Å²) in [5, 5.41) is 5.21. The third-order valence-electron chi connectivity index (χ3n) is 12.9. The van der Waals surface area contributed by atoms with E-state index < -0.39 is 21.2 Å². The van der Waals surface area contributed by atoms with E-state index in [2.05, 4.69) is 37.5 Å². The lowest BCUT2D eigenvalue weighted by Crippen LogP contribution is -2.52. The summed E-state index contributed by atoms with van der Waals surface area (Å²) in [6.45, 7) is 3.85. The number of allylic oxidation sites excluding steroid dienone is 1. The van der Waals surface area contributed by atoms with Crippen molar-refractivity contribution in [1.29, 1.82) is 0 Å². The average Bonchev–Trinajstić information content (AvgIpc) is 4.00. The van der Waals surface area contributed by atoms with E-state index in [9.17, 15) is 18.0 Å². The number of amides is 2. The first-order chi connectivity index (χ1) is 26.2. The first kappa shape index (κ1) is 35.3. The summed E-state index contributed by atoms with van der Waals surface area (Å²) in [6.07, 6.45) is 14.7. The number of carbonyl (C=O) groups excluding carboxylic acids is 2. The SMILES string of the molecule is COc1ccc2c(c1)C=C(c1c(C(=O)N3CCN4CCCC4C3)cnn1C)Cn1c-2c(C2CCCCC2)c2ccc(C(=O)NS(=O)(=O)C3CCCC3)cc21. The number of rotatable bonds is 7. The second-order valence-electron chi connectivity index (χ2n) is 16.0. The normalized spacial score (nSPS) is 21.0. The fourth-order valence-electron chi connectivity index (χ4n) is 10.1. The molecule has 1 unspecified atom stereocenters. The van der Waals surface area contributed by atoms with Crippen LogP contribution in [0.15, 0.2) is 42.6 Å². The molecule has 0 bridgehead atoms. The van der Waals surface area contributed by atoms with Gasteiger partial charge in [0.05, 0.1) is 42.1 Å². The molecule has 4 fully saturated rings. The summed E-state index contributed by atoms with van der Waals surface area (Å²) >= 11 is 0. The van der Waals surface area contributed by atoms with Crippen molar-refractivity contribution in [2.75, 3.05) is 33.3 Å². The Morgan fingerprint density at radius 2 is 1.69 bits per heavy atom. The zero-order valence-corrected chi connectivity index (χ0v) is 32.2. The Morgan fingerprint density at radius 1 is 0.889 bits per heavy atom. The smallest absolute Gasteiger partial charge is 0.264 e. The van der Waals surface area contributed by atoms with Gasteiger partial charge in [0.25, 0.3) is 11.8 Å². The van der Waals surface area contributed by atoms with Crippen LogP contribution in [0.2, 0.25) is 0 Å². The van der Waals surface area contributed by atoms with Gasteiger partial charge in [-0.2, -0.15) is 5.10 Å². The Hall–Kier alpha value is -4.42. The van der Waals surface area contributed by atoms with Crippen molar-refractivity contribution in [2.24, 2.45) is 7.05 Å². The van der Waals surface area contributed by atoms with Crippen LogP contribution < -0.4 is 9.46 Å². The van der Waals surface area contributed by atoms with E-state index in [-0.39, 0.29) is 5.91 Å². The molecule has 11 nitrogen and oxygen atoms in total. The number of piperazine rings is 1. The van der Waals surface area contributed by atoms with E-state index in [4.69, 9.17) is 4.74 Å². The fraction of sp³-hybridized carbons (Fsp3) is 0.500. The molecule has 9 rings (SSSR count). The molecule has 284 valence electrons. The van der Waals surface area contributed by atoms with Crippen LogP contribution in [0.1, 0.15) is 114 Å². The molecule has 2 aliphatic carbocycles. The van der Waals surface area contributed by atoms with Crippen molar-refractivity contribution >= 4 is 44.4 Å². The second kappa shape index (κ2) is 14.0. The molecular weight excluding hydrogens is 701 g/mol. The quantitative estimate of drug-likeness (QED) is 0.227. The van der Waals surface area contributed by atoms with Crippen LogP contribution in [0, 0.1) is 0 Å². The van der Waals surface area contributed by atoms with E-state index >= 15 is 0 Å². The maximum Gasteiger partial charge on any atom is 0.264 e. The molecule has 2 saturated heterocycles. The van der Waals surface area contributed by atoms with Gasteiger partial charge in [0.1, 0.15) is 5.75 Å². The Morgan fingerprint density at radius 3 is 2.48 bits per heavy atom. The Balaban J connectivity index is 1.19. The molecule has 2 saturated carbocycles. The van der Waals surface area contributed by atoms with Crippen molar-refractivity contribution in [3.8, 4) is 17.0 Å². The molecular formula is C42H50N6O5S. The van der Waals surface area contributed by atoms with Crippen molar-refractivity contribution in [2.45, 2.75) is 94.4 Å². The number of hydrogen-bond donors (Lipinski definition) is 1. The standard InChI is InChI=1S/C42H50N6O5S/c1-45-39(36(24-43-45)42(50)47-20-19-46-18-8-11-31(46)26-47)30-21-29-22-32(53-2)15-17-34(29)40-38(27-9-4-3-5-10-27)35-16-14-28(23-37(35)48(40)25-30)41(49)44-54(51,52)33-12-6-7-13-33/h14-17,21-24,27,31,33H,3-13,18-20,25-26H2,1-2H3,(H,44,49). The van der Waals surface area contributed by atoms with E-state index in [0.717, 1.165) is 109 Å². The van der Waals surface area contributed by atoms with Crippen LogP contribution in [-0.2, 0) is 23.6 Å². The highest BCUT2D eigenvalue weighted by molar-refractivity contribution is 7.90. The molecule has 12 heteroatoms. The van der Waals surface area contributed by atoms with Crippen molar-refractivity contribution in [1.82, 2.24) is 28.9 Å². The lowest BCUT2D eigenvalue weighted by Gasteiger charge is -2.37. The van der Waals surface area contributed by atoms with Gasteiger partial charge in [-0.3, -0.25) is 19.2 Å². The Bertz CT molecular complexity index is 2280. The maximum atomic E-state index is 14.4. The minimum absolute atomic E-state index is 0.00331. The van der Waals surface area contributed by atoms with Gasteiger partial charge in [-0.05, 0) is 104 Å². The predicted molar refractivity (Wildman–Crippen MR) is 210 cm³/mol. The molecule has 3 aliphatic heterocycles. The molecule has 4 aromatic rings. The molecule has 1 atom stereocenters. The molecule has 5 heterocycles. The van der Waals surface area contributed by atoms with Crippen LogP contribution in [0.4, 0.5) is 0 Å². The van der Waals surface area contributed by atoms with Crippen LogP contribution in [0.3, 0.4) is 0 Å². The topological polar surface area (TPSA) is 119 Å². The first-order valence-electron chi connectivity index (χ1n) is 19.9. The van der Waals surface area contributed by atoms with Crippen molar-refractivity contribution in [3.63, 3.8) is 0 Å². The minimum atomic E-state index is -3.79. The Labute approximate surface area is 317 Å². The van der Waals surface area contributed by atoms with Gasteiger partial charge in [-0.1, -0.05) is 38.2 Å². The lowest BCUT2D eigenvalue weighted by molar-refractivity contribution is 0.0571. The van der Waals surface area contributed by atoms with Gasteiger partial charge < -0.3 is 14.2 Å². The molecule has 2 aromatic carbocycles. The third kappa shape index (κ3) is 6.15. The summed E-state index contributed by atoms with van der Waals surface area (Å²) in [7, 11) is -0.215. The number of sulfonamides is 1. The molecule has 1 N–H and O–H groups in total. The van der Waals surface area contributed by atoms with Crippen molar-refractivity contribution < 1.29 is 22.7 Å². The van der Waals surface area contributed by atoms with Crippen LogP contribution in [0.5, 0.6) is 5.75 Å². The fourth-order valence-corrected chi connectivity index (χ4v) is 11.6. The van der Waals surface area contributed by atoms with Gasteiger partial charge in [0, 0.05) is 54.8 Å². The number of carbonyl (C=O) groups is 2. The summed E-state index contributed by atoms with van der Waals surface area (Å²) in [6, 6.07) is 12.3. The summed E-state index contributed by atoms with van der Waals surface area (Å²) < 4.78 is 38.7.